The van der Waals surface area contributed by atoms with Gasteiger partial charge in [-0.3, -0.25) is 4.79 Å². The molecule has 0 aliphatic heterocycles. The fraction of sp³-hybridized carbons (Fsp3) is 0.500. The van der Waals surface area contributed by atoms with E-state index in [2.05, 4.69) is 5.32 Å². The molecule has 0 saturated heterocycles. The third-order valence-electron chi connectivity index (χ3n) is 2.83. The van der Waals surface area contributed by atoms with E-state index < -0.39 is 12.0 Å². The summed E-state index contributed by atoms with van der Waals surface area (Å²) < 4.78 is 11.0. The summed E-state index contributed by atoms with van der Waals surface area (Å²) in [5.41, 5.74) is 6.15. The first-order valence-corrected chi connectivity index (χ1v) is 6.94. The van der Waals surface area contributed by atoms with Crippen molar-refractivity contribution in [3.05, 3.63) is 22.7 Å². The number of halogens is 1. The minimum Gasteiger partial charge on any atom is -0.493 e. The molecule has 1 amide bonds. The van der Waals surface area contributed by atoms with Gasteiger partial charge in [-0.2, -0.15) is 0 Å². The Morgan fingerprint density at radius 1 is 1.45 bits per heavy atom. The lowest BCUT2D eigenvalue weighted by Crippen LogP contribution is -2.33. The van der Waals surface area contributed by atoms with Crippen LogP contribution >= 0.6 is 11.6 Å². The molecule has 0 saturated carbocycles. The van der Waals surface area contributed by atoms with E-state index in [1.54, 1.807) is 12.1 Å². The second kappa shape index (κ2) is 7.97. The molecule has 1 rings (SSSR count). The number of nitrogens with one attached hydrogen (secondary N) is 1. The number of primary amides is 1. The topological polar surface area (TPSA) is 73.6 Å². The van der Waals surface area contributed by atoms with E-state index in [0.29, 0.717) is 29.5 Å². The molecule has 0 bridgehead atoms. The predicted molar refractivity (Wildman–Crippen MR) is 79.3 cm³/mol. The lowest BCUT2D eigenvalue weighted by Gasteiger charge is -2.20. The van der Waals surface area contributed by atoms with Crippen molar-refractivity contribution in [1.82, 2.24) is 5.32 Å². The monoisotopic (exact) mass is 300 g/mol. The number of rotatable bonds is 8. The summed E-state index contributed by atoms with van der Waals surface area (Å²) in [7, 11) is 1.53. The second-order valence-corrected chi connectivity index (χ2v) is 4.73. The van der Waals surface area contributed by atoms with Crippen molar-refractivity contribution in [2.45, 2.75) is 32.9 Å². The zero-order valence-corrected chi connectivity index (χ0v) is 12.8. The van der Waals surface area contributed by atoms with Crippen LogP contribution in [0, 0.1) is 0 Å². The summed E-state index contributed by atoms with van der Waals surface area (Å²) in [6.07, 6.45) is -0.202. The number of nitrogens with two attached hydrogens (primary N) is 1. The summed E-state index contributed by atoms with van der Waals surface area (Å²) in [5.74, 6) is 0.493. The van der Waals surface area contributed by atoms with E-state index in [1.807, 2.05) is 13.8 Å². The molecule has 1 unspecified atom stereocenters. The van der Waals surface area contributed by atoms with Crippen LogP contribution in [0.3, 0.4) is 0 Å². The van der Waals surface area contributed by atoms with Crippen molar-refractivity contribution in [2.75, 3.05) is 13.7 Å². The van der Waals surface area contributed by atoms with E-state index in [-0.39, 0.29) is 0 Å². The summed E-state index contributed by atoms with van der Waals surface area (Å²) in [5, 5.41) is 3.74. The Balaban J connectivity index is 3.14. The van der Waals surface area contributed by atoms with Crippen LogP contribution in [0.4, 0.5) is 0 Å². The van der Waals surface area contributed by atoms with Crippen molar-refractivity contribution in [1.29, 1.82) is 0 Å². The van der Waals surface area contributed by atoms with Gasteiger partial charge in [0.25, 0.3) is 5.91 Å². The fourth-order valence-corrected chi connectivity index (χ4v) is 2.01. The molecular weight excluding hydrogens is 280 g/mol. The highest BCUT2D eigenvalue weighted by molar-refractivity contribution is 6.30. The Kier molecular flexibility index (Phi) is 6.61. The zero-order valence-electron chi connectivity index (χ0n) is 12.0. The normalized spacial score (nSPS) is 12.0. The zero-order chi connectivity index (χ0) is 15.1. The smallest absolute Gasteiger partial charge is 0.258 e. The Morgan fingerprint density at radius 3 is 2.65 bits per heavy atom. The SMILES string of the molecule is CCNCc1cc(Cl)cc(OC)c1OC(CC)C(N)=O. The number of benzene rings is 1. The number of carbonyl (C=O) groups excluding carboxylic acids is 1. The quantitative estimate of drug-likeness (QED) is 0.771. The van der Waals surface area contributed by atoms with Gasteiger partial charge >= 0.3 is 0 Å². The van der Waals surface area contributed by atoms with Gasteiger partial charge in [-0.25, -0.2) is 0 Å². The van der Waals surface area contributed by atoms with Gasteiger partial charge in [-0.1, -0.05) is 25.4 Å². The first kappa shape index (κ1) is 16.6. The molecule has 0 spiro atoms. The molecule has 0 heterocycles. The van der Waals surface area contributed by atoms with Crippen LogP contribution in [0.5, 0.6) is 11.5 Å². The van der Waals surface area contributed by atoms with Crippen molar-refractivity contribution >= 4 is 17.5 Å². The summed E-state index contributed by atoms with van der Waals surface area (Å²) in [6.45, 7) is 5.21. The van der Waals surface area contributed by atoms with Crippen LogP contribution in [-0.2, 0) is 11.3 Å². The van der Waals surface area contributed by atoms with Gasteiger partial charge in [0.15, 0.2) is 17.6 Å². The molecule has 0 fully saturated rings. The molecule has 0 aliphatic carbocycles. The maximum Gasteiger partial charge on any atom is 0.258 e. The molecule has 1 aromatic rings. The third kappa shape index (κ3) is 4.28. The fourth-order valence-electron chi connectivity index (χ4n) is 1.78. The lowest BCUT2D eigenvalue weighted by molar-refractivity contribution is -0.124. The molecule has 0 aliphatic rings. The largest absolute Gasteiger partial charge is 0.493 e. The van der Waals surface area contributed by atoms with Gasteiger partial charge in [0.1, 0.15) is 0 Å². The molecule has 5 nitrogen and oxygen atoms in total. The molecule has 1 atom stereocenters. The molecule has 1 aromatic carbocycles. The summed E-state index contributed by atoms with van der Waals surface area (Å²) in [4.78, 5) is 11.3. The maximum absolute atomic E-state index is 11.3. The van der Waals surface area contributed by atoms with Crippen LogP contribution in [0.15, 0.2) is 12.1 Å². The highest BCUT2D eigenvalue weighted by atomic mass is 35.5. The number of ether oxygens (including phenoxy) is 2. The van der Waals surface area contributed by atoms with Crippen LogP contribution in [0.2, 0.25) is 5.02 Å². The van der Waals surface area contributed by atoms with E-state index in [4.69, 9.17) is 26.8 Å². The van der Waals surface area contributed by atoms with Gasteiger partial charge in [0.05, 0.1) is 7.11 Å². The Morgan fingerprint density at radius 2 is 2.15 bits per heavy atom. The van der Waals surface area contributed by atoms with Gasteiger partial charge in [-0.15, -0.1) is 0 Å². The van der Waals surface area contributed by atoms with E-state index in [0.717, 1.165) is 12.1 Å². The summed E-state index contributed by atoms with van der Waals surface area (Å²) >= 11 is 6.06. The standard InChI is InChI=1S/C14H21ClN2O3/c1-4-11(14(16)18)20-13-9(8-17-5-2)6-10(15)7-12(13)19-3/h6-7,11,17H,4-5,8H2,1-3H3,(H2,16,18). The average Bonchev–Trinajstić information content (AvgIpc) is 2.42. The van der Waals surface area contributed by atoms with E-state index >= 15 is 0 Å². The Bertz CT molecular complexity index is 466. The van der Waals surface area contributed by atoms with Gasteiger partial charge in [-0.05, 0) is 19.0 Å². The summed E-state index contributed by atoms with van der Waals surface area (Å²) in [6, 6.07) is 3.44. The van der Waals surface area contributed by atoms with Crippen LogP contribution in [0.1, 0.15) is 25.8 Å². The maximum atomic E-state index is 11.3. The van der Waals surface area contributed by atoms with Crippen LogP contribution in [-0.4, -0.2) is 25.7 Å². The first-order valence-electron chi connectivity index (χ1n) is 6.56. The highest BCUT2D eigenvalue weighted by Gasteiger charge is 2.20. The molecular formula is C14H21ClN2O3. The second-order valence-electron chi connectivity index (χ2n) is 4.29. The number of hydrogen-bond donors (Lipinski definition) is 2. The van der Waals surface area contributed by atoms with Crippen molar-refractivity contribution in [3.8, 4) is 11.5 Å². The molecule has 6 heteroatoms. The minimum absolute atomic E-state index is 0.488. The lowest BCUT2D eigenvalue weighted by atomic mass is 10.1. The predicted octanol–water partition coefficient (Wildman–Crippen LogP) is 2.10. The molecule has 3 N–H and O–H groups in total. The number of methoxy groups -OCH3 is 1. The first-order chi connectivity index (χ1) is 9.53. The Labute approximate surface area is 124 Å². The van der Waals surface area contributed by atoms with Crippen LogP contribution in [0.25, 0.3) is 0 Å². The van der Waals surface area contributed by atoms with Gasteiger partial charge in [0.2, 0.25) is 0 Å². The van der Waals surface area contributed by atoms with Crippen LogP contribution < -0.4 is 20.5 Å². The minimum atomic E-state index is -0.689. The van der Waals surface area contributed by atoms with Crippen molar-refractivity contribution in [2.24, 2.45) is 5.73 Å². The molecule has 112 valence electrons. The van der Waals surface area contributed by atoms with Crippen molar-refractivity contribution < 1.29 is 14.3 Å². The molecule has 20 heavy (non-hydrogen) atoms. The van der Waals surface area contributed by atoms with Gasteiger partial charge < -0.3 is 20.5 Å². The molecule has 0 aromatic heterocycles. The van der Waals surface area contributed by atoms with Gasteiger partial charge in [0, 0.05) is 23.2 Å². The number of amides is 1. The number of carbonyl (C=O) groups is 1. The van der Waals surface area contributed by atoms with Crippen molar-refractivity contribution in [3.63, 3.8) is 0 Å². The number of hydrogen-bond acceptors (Lipinski definition) is 4. The molecule has 0 radical (unpaired) electrons. The van der Waals surface area contributed by atoms with E-state index in [1.165, 1.54) is 7.11 Å². The third-order valence-corrected chi connectivity index (χ3v) is 3.05. The highest BCUT2D eigenvalue weighted by Crippen LogP contribution is 2.35. The van der Waals surface area contributed by atoms with E-state index in [9.17, 15) is 4.79 Å². The average molecular weight is 301 g/mol. The Hall–Kier alpha value is -1.46.